The highest BCUT2D eigenvalue weighted by atomic mass is 16.4. The molecule has 120 valence electrons. The van der Waals surface area contributed by atoms with Crippen LogP contribution in [0.4, 0.5) is 4.79 Å². The molecule has 21 heavy (non-hydrogen) atoms. The lowest BCUT2D eigenvalue weighted by Gasteiger charge is -2.28. The molecule has 1 aliphatic rings. The van der Waals surface area contributed by atoms with Crippen LogP contribution in [-0.4, -0.2) is 51.7 Å². The molecule has 0 unspecified atom stereocenters. The van der Waals surface area contributed by atoms with E-state index in [4.69, 9.17) is 10.2 Å². The smallest absolute Gasteiger partial charge is 0.326 e. The number of hydrogen-bond acceptors (Lipinski definition) is 3. The van der Waals surface area contributed by atoms with Crippen LogP contribution in [0.5, 0.6) is 0 Å². The van der Waals surface area contributed by atoms with Gasteiger partial charge in [-0.05, 0) is 45.4 Å². The van der Waals surface area contributed by atoms with Crippen molar-refractivity contribution in [2.75, 3.05) is 6.54 Å². The van der Waals surface area contributed by atoms with Crippen molar-refractivity contribution in [2.45, 2.75) is 58.0 Å². The van der Waals surface area contributed by atoms with E-state index in [1.165, 1.54) is 0 Å². The zero-order valence-electron chi connectivity index (χ0n) is 12.5. The number of nitrogens with zero attached hydrogens (tertiary/aromatic N) is 1. The van der Waals surface area contributed by atoms with Crippen LogP contribution in [0, 0.1) is 5.92 Å². The number of hydrogen-bond donors (Lipinski definition) is 3. The SMILES string of the molecule is CC(C)N(CC1CC1)C(=O)N[C@H](CCCC(=O)O)C(=O)O. The van der Waals surface area contributed by atoms with Crippen molar-refractivity contribution in [3.8, 4) is 0 Å². The highest BCUT2D eigenvalue weighted by molar-refractivity contribution is 5.82. The molecule has 0 aliphatic heterocycles. The van der Waals surface area contributed by atoms with E-state index in [-0.39, 0.29) is 31.3 Å². The molecule has 0 spiro atoms. The average molecular weight is 300 g/mol. The van der Waals surface area contributed by atoms with Gasteiger partial charge in [-0.1, -0.05) is 0 Å². The number of urea groups is 1. The third-order valence-corrected chi connectivity index (χ3v) is 3.52. The molecule has 1 fully saturated rings. The number of nitrogens with one attached hydrogen (secondary N) is 1. The Labute approximate surface area is 124 Å². The Hall–Kier alpha value is -1.79. The molecule has 1 atom stereocenters. The van der Waals surface area contributed by atoms with Gasteiger partial charge in [-0.3, -0.25) is 4.79 Å². The second-order valence-corrected chi connectivity index (χ2v) is 5.82. The van der Waals surface area contributed by atoms with E-state index in [1.54, 1.807) is 4.90 Å². The molecule has 0 heterocycles. The van der Waals surface area contributed by atoms with Crippen molar-refractivity contribution in [2.24, 2.45) is 5.92 Å². The molecule has 0 aromatic carbocycles. The van der Waals surface area contributed by atoms with Gasteiger partial charge < -0.3 is 20.4 Å². The summed E-state index contributed by atoms with van der Waals surface area (Å²) in [7, 11) is 0. The quantitative estimate of drug-likeness (QED) is 0.598. The summed E-state index contributed by atoms with van der Waals surface area (Å²) in [5, 5.41) is 20.2. The summed E-state index contributed by atoms with van der Waals surface area (Å²) in [6, 6.07) is -1.43. The Morgan fingerprint density at radius 1 is 1.24 bits per heavy atom. The van der Waals surface area contributed by atoms with Crippen LogP contribution in [0.15, 0.2) is 0 Å². The predicted octanol–water partition coefficient (Wildman–Crippen LogP) is 1.52. The Bertz CT molecular complexity index is 393. The van der Waals surface area contributed by atoms with Crippen molar-refractivity contribution < 1.29 is 24.6 Å². The van der Waals surface area contributed by atoms with Gasteiger partial charge in [0, 0.05) is 19.0 Å². The third-order valence-electron chi connectivity index (χ3n) is 3.52. The average Bonchev–Trinajstić information content (AvgIpc) is 3.17. The monoisotopic (exact) mass is 300 g/mol. The zero-order valence-corrected chi connectivity index (χ0v) is 12.5. The lowest BCUT2D eigenvalue weighted by atomic mass is 10.1. The van der Waals surface area contributed by atoms with E-state index in [9.17, 15) is 14.4 Å². The minimum atomic E-state index is -1.14. The largest absolute Gasteiger partial charge is 0.481 e. The van der Waals surface area contributed by atoms with Crippen molar-refractivity contribution in [3.05, 3.63) is 0 Å². The summed E-state index contributed by atoms with van der Waals surface area (Å²) in [4.78, 5) is 35.5. The van der Waals surface area contributed by atoms with Crippen LogP contribution in [0.3, 0.4) is 0 Å². The van der Waals surface area contributed by atoms with E-state index in [1.807, 2.05) is 13.8 Å². The van der Waals surface area contributed by atoms with E-state index >= 15 is 0 Å². The maximum atomic E-state index is 12.2. The van der Waals surface area contributed by atoms with Crippen molar-refractivity contribution in [1.29, 1.82) is 0 Å². The van der Waals surface area contributed by atoms with Crippen LogP contribution < -0.4 is 5.32 Å². The summed E-state index contributed by atoms with van der Waals surface area (Å²) in [6.45, 7) is 4.43. The Morgan fingerprint density at radius 2 is 1.86 bits per heavy atom. The van der Waals surface area contributed by atoms with Crippen molar-refractivity contribution in [3.63, 3.8) is 0 Å². The summed E-state index contributed by atoms with van der Waals surface area (Å²) in [5.41, 5.74) is 0. The molecule has 0 saturated heterocycles. The second kappa shape index (κ2) is 7.85. The second-order valence-electron chi connectivity index (χ2n) is 5.82. The predicted molar refractivity (Wildman–Crippen MR) is 76.0 cm³/mol. The Balaban J connectivity index is 2.52. The molecule has 3 N–H and O–H groups in total. The zero-order chi connectivity index (χ0) is 16.0. The molecule has 0 bridgehead atoms. The number of rotatable bonds is 9. The first kappa shape index (κ1) is 17.3. The third kappa shape index (κ3) is 6.46. The highest BCUT2D eigenvalue weighted by Crippen LogP contribution is 2.30. The fourth-order valence-electron chi connectivity index (χ4n) is 2.05. The maximum absolute atomic E-state index is 12.2. The molecule has 0 aromatic rings. The van der Waals surface area contributed by atoms with Crippen LogP contribution in [0.1, 0.15) is 46.0 Å². The molecule has 1 aliphatic carbocycles. The summed E-state index contributed by atoms with van der Waals surface area (Å²) in [6.07, 6.45) is 2.45. The van der Waals surface area contributed by atoms with E-state index in [0.717, 1.165) is 12.8 Å². The van der Waals surface area contributed by atoms with Crippen LogP contribution in [0.2, 0.25) is 0 Å². The summed E-state index contributed by atoms with van der Waals surface area (Å²) >= 11 is 0. The van der Waals surface area contributed by atoms with Gasteiger partial charge >= 0.3 is 18.0 Å². The Kier molecular flexibility index (Phi) is 6.45. The fraction of sp³-hybridized carbons (Fsp3) is 0.786. The van der Waals surface area contributed by atoms with Crippen molar-refractivity contribution >= 4 is 18.0 Å². The van der Waals surface area contributed by atoms with Gasteiger partial charge in [-0.2, -0.15) is 0 Å². The number of amides is 2. The summed E-state index contributed by atoms with van der Waals surface area (Å²) in [5.74, 6) is -1.58. The molecule has 1 rings (SSSR count). The highest BCUT2D eigenvalue weighted by Gasteiger charge is 2.30. The van der Waals surface area contributed by atoms with Gasteiger partial charge in [0.05, 0.1) is 0 Å². The van der Waals surface area contributed by atoms with Gasteiger partial charge in [-0.15, -0.1) is 0 Å². The van der Waals surface area contributed by atoms with Crippen LogP contribution in [0.25, 0.3) is 0 Å². The lowest BCUT2D eigenvalue weighted by Crippen LogP contribution is -2.50. The van der Waals surface area contributed by atoms with E-state index in [2.05, 4.69) is 5.32 Å². The topological polar surface area (TPSA) is 107 Å². The summed E-state index contributed by atoms with van der Waals surface area (Å²) < 4.78 is 0. The van der Waals surface area contributed by atoms with Crippen LogP contribution >= 0.6 is 0 Å². The molecule has 0 radical (unpaired) electrons. The minimum Gasteiger partial charge on any atom is -0.481 e. The first-order chi connectivity index (χ1) is 9.81. The molecule has 7 heteroatoms. The first-order valence-corrected chi connectivity index (χ1v) is 7.33. The normalized spacial score (nSPS) is 15.6. The number of carboxylic acid groups (broad SMARTS) is 2. The number of carbonyl (C=O) groups excluding carboxylic acids is 1. The van der Waals surface area contributed by atoms with Gasteiger partial charge in [0.15, 0.2) is 0 Å². The molecule has 2 amide bonds. The lowest BCUT2D eigenvalue weighted by molar-refractivity contribution is -0.140. The van der Waals surface area contributed by atoms with Crippen molar-refractivity contribution in [1.82, 2.24) is 10.2 Å². The van der Waals surface area contributed by atoms with E-state index < -0.39 is 18.0 Å². The minimum absolute atomic E-state index is 0.000866. The van der Waals surface area contributed by atoms with Gasteiger partial charge in [0.1, 0.15) is 6.04 Å². The molecular formula is C14H24N2O5. The number of carboxylic acids is 2. The van der Waals surface area contributed by atoms with Crippen LogP contribution in [-0.2, 0) is 9.59 Å². The molecule has 0 aromatic heterocycles. The molecule has 1 saturated carbocycles. The van der Waals surface area contributed by atoms with Gasteiger partial charge in [0.25, 0.3) is 0 Å². The standard InChI is InChI=1S/C14H24N2O5/c1-9(2)16(8-10-6-7-10)14(21)15-11(13(19)20)4-3-5-12(17)18/h9-11H,3-8H2,1-2H3,(H,15,21)(H,17,18)(H,19,20)/t11-/m1/s1. The molecular weight excluding hydrogens is 276 g/mol. The fourth-order valence-corrected chi connectivity index (χ4v) is 2.05. The number of carbonyl (C=O) groups is 3. The van der Waals surface area contributed by atoms with E-state index in [0.29, 0.717) is 12.5 Å². The van der Waals surface area contributed by atoms with Gasteiger partial charge in [0.2, 0.25) is 0 Å². The van der Waals surface area contributed by atoms with Gasteiger partial charge in [-0.25, -0.2) is 9.59 Å². The first-order valence-electron chi connectivity index (χ1n) is 7.33. The number of aliphatic carboxylic acids is 2. The molecule has 7 nitrogen and oxygen atoms in total. The maximum Gasteiger partial charge on any atom is 0.326 e. The Morgan fingerprint density at radius 3 is 2.29 bits per heavy atom.